The standard InChI is InChI=1S/C27H30N2O6/c1-27(25(31)32)15-34-14-23(27)29-24(30)12-22(16-10-11-16)28-26(33)35-13-21-19-8-4-2-6-17(19)18-7-3-5-9-20(18)21/h2-9,16,21-23H,10-15H2,1H3,(H,28,33)(H,29,30)(H,31,32). The number of aliphatic carboxylic acids is 1. The molecule has 0 bridgehead atoms. The normalized spacial score (nSPS) is 23.7. The van der Waals surface area contributed by atoms with E-state index in [9.17, 15) is 19.5 Å². The average Bonchev–Trinajstić information content (AvgIpc) is 3.56. The van der Waals surface area contributed by atoms with Crippen LogP contribution in [0.2, 0.25) is 0 Å². The van der Waals surface area contributed by atoms with Gasteiger partial charge < -0.3 is 25.2 Å². The molecule has 3 unspecified atom stereocenters. The minimum absolute atomic E-state index is 0.0353. The molecule has 2 amide bonds. The van der Waals surface area contributed by atoms with E-state index in [4.69, 9.17) is 9.47 Å². The largest absolute Gasteiger partial charge is 0.481 e. The number of hydrogen-bond acceptors (Lipinski definition) is 5. The number of benzene rings is 2. The van der Waals surface area contributed by atoms with Gasteiger partial charge in [-0.15, -0.1) is 0 Å². The maximum atomic E-state index is 12.7. The highest BCUT2D eigenvalue weighted by Crippen LogP contribution is 2.44. The topological polar surface area (TPSA) is 114 Å². The van der Waals surface area contributed by atoms with Gasteiger partial charge in [-0.25, -0.2) is 4.79 Å². The molecule has 0 spiro atoms. The van der Waals surface area contributed by atoms with Crippen molar-refractivity contribution in [3.8, 4) is 11.1 Å². The highest BCUT2D eigenvalue weighted by Gasteiger charge is 2.47. The van der Waals surface area contributed by atoms with E-state index in [1.165, 1.54) is 0 Å². The zero-order valence-electron chi connectivity index (χ0n) is 19.7. The second-order valence-electron chi connectivity index (χ2n) is 9.98. The number of hydrogen-bond donors (Lipinski definition) is 3. The van der Waals surface area contributed by atoms with Crippen LogP contribution in [0.4, 0.5) is 4.79 Å². The molecule has 1 saturated heterocycles. The minimum atomic E-state index is -1.16. The Morgan fingerprint density at radius 3 is 2.31 bits per heavy atom. The van der Waals surface area contributed by atoms with Gasteiger partial charge in [0.2, 0.25) is 5.91 Å². The van der Waals surface area contributed by atoms with Crippen LogP contribution in [0.5, 0.6) is 0 Å². The second kappa shape index (κ2) is 9.34. The van der Waals surface area contributed by atoms with Gasteiger partial charge in [-0.05, 0) is 47.9 Å². The zero-order valence-corrected chi connectivity index (χ0v) is 19.7. The molecule has 0 aromatic heterocycles. The van der Waals surface area contributed by atoms with E-state index in [-0.39, 0.29) is 50.0 Å². The smallest absolute Gasteiger partial charge is 0.407 e. The maximum absolute atomic E-state index is 12.7. The summed E-state index contributed by atoms with van der Waals surface area (Å²) in [5.74, 6) is -1.13. The lowest BCUT2D eigenvalue weighted by molar-refractivity contribution is -0.149. The third-order valence-corrected chi connectivity index (χ3v) is 7.52. The van der Waals surface area contributed by atoms with Crippen molar-refractivity contribution in [2.75, 3.05) is 19.8 Å². The number of carbonyl (C=O) groups excluding carboxylic acids is 2. The van der Waals surface area contributed by atoms with E-state index < -0.39 is 23.5 Å². The van der Waals surface area contributed by atoms with Crippen LogP contribution in [0.3, 0.4) is 0 Å². The van der Waals surface area contributed by atoms with Gasteiger partial charge in [-0.1, -0.05) is 48.5 Å². The number of amides is 2. The molecule has 1 heterocycles. The van der Waals surface area contributed by atoms with Gasteiger partial charge in [0, 0.05) is 18.4 Å². The highest BCUT2D eigenvalue weighted by molar-refractivity contribution is 5.81. The summed E-state index contributed by atoms with van der Waals surface area (Å²) >= 11 is 0. The van der Waals surface area contributed by atoms with Crippen LogP contribution in [-0.2, 0) is 19.1 Å². The number of nitrogens with one attached hydrogen (secondary N) is 2. The summed E-state index contributed by atoms with van der Waals surface area (Å²) in [5.41, 5.74) is 3.44. The molecule has 5 rings (SSSR count). The molecule has 1 aliphatic heterocycles. The number of carboxylic acid groups (broad SMARTS) is 1. The van der Waals surface area contributed by atoms with Crippen LogP contribution < -0.4 is 10.6 Å². The van der Waals surface area contributed by atoms with Gasteiger partial charge in [0.05, 0.1) is 19.3 Å². The molecule has 2 aliphatic carbocycles. The van der Waals surface area contributed by atoms with Gasteiger partial charge >= 0.3 is 12.1 Å². The molecule has 2 aromatic carbocycles. The molecule has 3 N–H and O–H groups in total. The number of carbonyl (C=O) groups is 3. The van der Waals surface area contributed by atoms with Gasteiger partial charge in [0.15, 0.2) is 0 Å². The Bertz CT molecular complexity index is 1100. The van der Waals surface area contributed by atoms with E-state index >= 15 is 0 Å². The number of rotatable bonds is 8. The Morgan fingerprint density at radius 1 is 1.09 bits per heavy atom. The summed E-state index contributed by atoms with van der Waals surface area (Å²) in [6, 6.07) is 15.3. The third kappa shape index (κ3) is 4.62. The number of fused-ring (bicyclic) bond motifs is 3. The Hall–Kier alpha value is -3.39. The summed E-state index contributed by atoms with van der Waals surface area (Å²) in [6.07, 6.45) is 1.39. The molecule has 3 atom stereocenters. The molecule has 0 radical (unpaired) electrons. The molecule has 3 aliphatic rings. The number of carboxylic acids is 1. The quantitative estimate of drug-likeness (QED) is 0.537. The fourth-order valence-corrected chi connectivity index (χ4v) is 5.16. The summed E-state index contributed by atoms with van der Waals surface area (Å²) < 4.78 is 11.0. The van der Waals surface area contributed by atoms with Gasteiger partial charge in [-0.2, -0.15) is 0 Å². The van der Waals surface area contributed by atoms with Gasteiger partial charge in [0.25, 0.3) is 0 Å². The molecular weight excluding hydrogens is 448 g/mol. The van der Waals surface area contributed by atoms with E-state index in [1.807, 2.05) is 24.3 Å². The van der Waals surface area contributed by atoms with Crippen molar-refractivity contribution in [3.63, 3.8) is 0 Å². The SMILES string of the molecule is CC1(C(=O)O)COCC1NC(=O)CC(NC(=O)OCC1c2ccccc2-c2ccccc21)C1CC1. The Balaban J connectivity index is 1.18. The van der Waals surface area contributed by atoms with E-state index in [1.54, 1.807) is 6.92 Å². The molecular formula is C27H30N2O6. The highest BCUT2D eigenvalue weighted by atomic mass is 16.5. The lowest BCUT2D eigenvalue weighted by Gasteiger charge is -2.26. The van der Waals surface area contributed by atoms with Crippen molar-refractivity contribution in [2.24, 2.45) is 11.3 Å². The maximum Gasteiger partial charge on any atom is 0.407 e. The van der Waals surface area contributed by atoms with Crippen molar-refractivity contribution in [1.82, 2.24) is 10.6 Å². The Labute approximate surface area is 204 Å². The lowest BCUT2D eigenvalue weighted by Crippen LogP contribution is -2.51. The lowest BCUT2D eigenvalue weighted by atomic mass is 9.85. The summed E-state index contributed by atoms with van der Waals surface area (Å²) in [4.78, 5) is 37.1. The predicted molar refractivity (Wildman–Crippen MR) is 128 cm³/mol. The van der Waals surface area contributed by atoms with Crippen LogP contribution >= 0.6 is 0 Å². The monoisotopic (exact) mass is 478 g/mol. The average molecular weight is 479 g/mol. The van der Waals surface area contributed by atoms with E-state index in [0.717, 1.165) is 35.1 Å². The minimum Gasteiger partial charge on any atom is -0.481 e. The summed E-state index contributed by atoms with van der Waals surface area (Å²) in [6.45, 7) is 1.99. The van der Waals surface area contributed by atoms with Crippen molar-refractivity contribution in [2.45, 2.75) is 44.2 Å². The zero-order chi connectivity index (χ0) is 24.6. The third-order valence-electron chi connectivity index (χ3n) is 7.52. The van der Waals surface area contributed by atoms with Crippen LogP contribution in [0.1, 0.15) is 43.2 Å². The van der Waals surface area contributed by atoms with Crippen molar-refractivity contribution in [3.05, 3.63) is 59.7 Å². The van der Waals surface area contributed by atoms with Crippen molar-refractivity contribution in [1.29, 1.82) is 0 Å². The van der Waals surface area contributed by atoms with Crippen LogP contribution in [-0.4, -0.2) is 55.0 Å². The first-order valence-corrected chi connectivity index (χ1v) is 12.1. The first-order valence-electron chi connectivity index (χ1n) is 12.1. The Kier molecular flexibility index (Phi) is 6.23. The van der Waals surface area contributed by atoms with E-state index in [0.29, 0.717) is 0 Å². The second-order valence-corrected chi connectivity index (χ2v) is 9.98. The molecule has 8 nitrogen and oxygen atoms in total. The molecule has 2 fully saturated rings. The fraction of sp³-hybridized carbons (Fsp3) is 0.444. The van der Waals surface area contributed by atoms with Crippen LogP contribution in [0, 0.1) is 11.3 Å². The summed E-state index contributed by atoms with van der Waals surface area (Å²) in [7, 11) is 0. The molecule has 2 aromatic rings. The number of ether oxygens (including phenoxy) is 2. The fourth-order valence-electron chi connectivity index (χ4n) is 5.16. The van der Waals surface area contributed by atoms with Crippen LogP contribution in [0.15, 0.2) is 48.5 Å². The van der Waals surface area contributed by atoms with Gasteiger partial charge in [-0.3, -0.25) is 9.59 Å². The number of alkyl carbamates (subject to hydrolysis) is 1. The molecule has 35 heavy (non-hydrogen) atoms. The molecule has 184 valence electrons. The summed E-state index contributed by atoms with van der Waals surface area (Å²) in [5, 5.41) is 15.2. The molecule has 1 saturated carbocycles. The van der Waals surface area contributed by atoms with Crippen molar-refractivity contribution < 1.29 is 29.0 Å². The van der Waals surface area contributed by atoms with Crippen LogP contribution in [0.25, 0.3) is 11.1 Å². The van der Waals surface area contributed by atoms with Crippen molar-refractivity contribution >= 4 is 18.0 Å². The van der Waals surface area contributed by atoms with Gasteiger partial charge in [0.1, 0.15) is 12.0 Å². The Morgan fingerprint density at radius 2 is 1.71 bits per heavy atom. The first-order chi connectivity index (χ1) is 16.9. The molecule has 8 heteroatoms. The van der Waals surface area contributed by atoms with E-state index in [2.05, 4.69) is 34.9 Å². The first kappa shape index (κ1) is 23.4. The predicted octanol–water partition coefficient (Wildman–Crippen LogP) is 3.30.